The SMILES string of the molecule is O=C(N[C@H](c1cccs1)C1CCCC1)[C@H]1CCCN(c2cnccn2)C1. The maximum absolute atomic E-state index is 13.1. The molecule has 2 aromatic rings. The number of hydrogen-bond acceptors (Lipinski definition) is 5. The second-order valence-corrected chi connectivity index (χ2v) is 8.37. The number of amides is 1. The zero-order valence-corrected chi connectivity index (χ0v) is 15.8. The molecule has 1 amide bonds. The number of carbonyl (C=O) groups is 1. The first-order valence-corrected chi connectivity index (χ1v) is 10.5. The van der Waals surface area contributed by atoms with E-state index in [2.05, 4.69) is 37.7 Å². The van der Waals surface area contributed by atoms with E-state index >= 15 is 0 Å². The Labute approximate surface area is 158 Å². The number of carbonyl (C=O) groups excluding carboxylic acids is 1. The average molecular weight is 371 g/mol. The van der Waals surface area contributed by atoms with Crippen LogP contribution in [0.15, 0.2) is 36.1 Å². The van der Waals surface area contributed by atoms with Gasteiger partial charge in [0.2, 0.25) is 5.91 Å². The highest BCUT2D eigenvalue weighted by atomic mass is 32.1. The van der Waals surface area contributed by atoms with E-state index in [1.165, 1.54) is 30.6 Å². The van der Waals surface area contributed by atoms with Gasteiger partial charge in [0.1, 0.15) is 5.82 Å². The lowest BCUT2D eigenvalue weighted by Crippen LogP contribution is -2.45. The van der Waals surface area contributed by atoms with Crippen molar-refractivity contribution in [1.29, 1.82) is 0 Å². The maximum atomic E-state index is 13.1. The molecular formula is C20H26N4OS. The monoisotopic (exact) mass is 370 g/mol. The van der Waals surface area contributed by atoms with Gasteiger partial charge in [-0.3, -0.25) is 9.78 Å². The number of hydrogen-bond donors (Lipinski definition) is 1. The van der Waals surface area contributed by atoms with Crippen molar-refractivity contribution in [1.82, 2.24) is 15.3 Å². The van der Waals surface area contributed by atoms with Crippen LogP contribution < -0.4 is 10.2 Å². The Balaban J connectivity index is 1.44. The number of piperidine rings is 1. The highest BCUT2D eigenvalue weighted by Gasteiger charge is 2.32. The number of nitrogens with zero attached hydrogens (tertiary/aromatic N) is 3. The van der Waals surface area contributed by atoms with Crippen molar-refractivity contribution >= 4 is 23.1 Å². The molecule has 0 bridgehead atoms. The zero-order chi connectivity index (χ0) is 17.8. The summed E-state index contributed by atoms with van der Waals surface area (Å²) in [5, 5.41) is 5.52. The third-order valence-corrected chi connectivity index (χ3v) is 6.64. The average Bonchev–Trinajstić information content (AvgIpc) is 3.41. The molecule has 138 valence electrons. The molecule has 2 aromatic heterocycles. The van der Waals surface area contributed by atoms with E-state index in [0.717, 1.165) is 31.7 Å². The Kier molecular flexibility index (Phi) is 5.48. The van der Waals surface area contributed by atoms with Gasteiger partial charge in [-0.1, -0.05) is 18.9 Å². The summed E-state index contributed by atoms with van der Waals surface area (Å²) in [4.78, 5) is 25.1. The summed E-state index contributed by atoms with van der Waals surface area (Å²) in [5.74, 6) is 1.67. The van der Waals surface area contributed by atoms with Crippen LogP contribution in [0.25, 0.3) is 0 Å². The second-order valence-electron chi connectivity index (χ2n) is 7.39. The normalized spacial score (nSPS) is 22.3. The number of anilines is 1. The largest absolute Gasteiger partial charge is 0.355 e. The number of nitrogens with one attached hydrogen (secondary N) is 1. The first-order valence-electron chi connectivity index (χ1n) is 9.66. The molecule has 5 nitrogen and oxygen atoms in total. The molecular weight excluding hydrogens is 344 g/mol. The molecule has 1 N–H and O–H groups in total. The standard InChI is InChI=1S/C20H26N4OS/c25-20(16-7-3-11-24(14-16)18-13-21-9-10-22-18)23-19(15-5-1-2-6-15)17-8-4-12-26-17/h4,8-10,12-13,15-16,19H,1-3,5-7,11,14H2,(H,23,25)/t16-,19-/m0/s1. The van der Waals surface area contributed by atoms with E-state index in [9.17, 15) is 4.79 Å². The van der Waals surface area contributed by atoms with E-state index < -0.39 is 0 Å². The molecule has 0 aromatic carbocycles. The summed E-state index contributed by atoms with van der Waals surface area (Å²) < 4.78 is 0. The fourth-order valence-electron chi connectivity index (χ4n) is 4.31. The third kappa shape index (κ3) is 3.90. The Morgan fingerprint density at radius 1 is 1.23 bits per heavy atom. The van der Waals surface area contributed by atoms with Crippen LogP contribution in [0.3, 0.4) is 0 Å². The van der Waals surface area contributed by atoms with E-state index in [0.29, 0.717) is 5.92 Å². The molecule has 1 aliphatic carbocycles. The Hall–Kier alpha value is -1.95. The molecule has 4 rings (SSSR count). The minimum Gasteiger partial charge on any atom is -0.355 e. The smallest absolute Gasteiger partial charge is 0.225 e. The molecule has 2 atom stereocenters. The third-order valence-electron chi connectivity index (χ3n) is 5.68. The minimum atomic E-state index is 0.0228. The molecule has 1 saturated carbocycles. The van der Waals surface area contributed by atoms with E-state index in [1.807, 2.05) is 0 Å². The van der Waals surface area contributed by atoms with Crippen molar-refractivity contribution in [2.45, 2.75) is 44.6 Å². The predicted molar refractivity (Wildman–Crippen MR) is 104 cm³/mol. The second kappa shape index (κ2) is 8.16. The lowest BCUT2D eigenvalue weighted by atomic mass is 9.93. The van der Waals surface area contributed by atoms with Crippen LogP contribution in [0, 0.1) is 11.8 Å². The van der Waals surface area contributed by atoms with Crippen molar-refractivity contribution in [3.05, 3.63) is 41.0 Å². The summed E-state index contributed by atoms with van der Waals surface area (Å²) in [5.41, 5.74) is 0. The van der Waals surface area contributed by atoms with E-state index in [4.69, 9.17) is 0 Å². The van der Waals surface area contributed by atoms with Gasteiger partial charge < -0.3 is 10.2 Å². The Morgan fingerprint density at radius 3 is 2.85 bits per heavy atom. The molecule has 3 heterocycles. The molecule has 26 heavy (non-hydrogen) atoms. The summed E-state index contributed by atoms with van der Waals surface area (Å²) in [6.45, 7) is 1.67. The Bertz CT molecular complexity index is 700. The van der Waals surface area contributed by atoms with Gasteiger partial charge in [-0.2, -0.15) is 0 Å². The molecule has 0 unspecified atom stereocenters. The van der Waals surface area contributed by atoms with Gasteiger partial charge >= 0.3 is 0 Å². The van der Waals surface area contributed by atoms with Crippen molar-refractivity contribution in [2.75, 3.05) is 18.0 Å². The first kappa shape index (κ1) is 17.5. The van der Waals surface area contributed by atoms with Crippen LogP contribution in [-0.2, 0) is 4.79 Å². The van der Waals surface area contributed by atoms with Gasteiger partial charge in [-0.15, -0.1) is 11.3 Å². The summed E-state index contributed by atoms with van der Waals surface area (Å²) >= 11 is 1.76. The van der Waals surface area contributed by atoms with Gasteiger partial charge in [-0.05, 0) is 43.0 Å². The minimum absolute atomic E-state index is 0.0228. The molecule has 1 saturated heterocycles. The van der Waals surface area contributed by atoms with Gasteiger partial charge in [-0.25, -0.2) is 4.98 Å². The van der Waals surface area contributed by atoms with Crippen LogP contribution in [0.5, 0.6) is 0 Å². The first-order chi connectivity index (χ1) is 12.8. The lowest BCUT2D eigenvalue weighted by molar-refractivity contribution is -0.126. The molecule has 2 aliphatic rings. The van der Waals surface area contributed by atoms with Gasteiger partial charge in [0.25, 0.3) is 0 Å². The van der Waals surface area contributed by atoms with Crippen LogP contribution in [0.4, 0.5) is 5.82 Å². The maximum Gasteiger partial charge on any atom is 0.225 e. The topological polar surface area (TPSA) is 58.1 Å². The predicted octanol–water partition coefficient (Wildman–Crippen LogP) is 3.80. The van der Waals surface area contributed by atoms with Crippen molar-refractivity contribution in [3.8, 4) is 0 Å². The number of aromatic nitrogens is 2. The zero-order valence-electron chi connectivity index (χ0n) is 15.0. The van der Waals surface area contributed by atoms with Crippen LogP contribution in [-0.4, -0.2) is 29.0 Å². The number of rotatable bonds is 5. The van der Waals surface area contributed by atoms with Crippen LogP contribution in [0.2, 0.25) is 0 Å². The van der Waals surface area contributed by atoms with Crippen molar-refractivity contribution < 1.29 is 4.79 Å². The van der Waals surface area contributed by atoms with Gasteiger partial charge in [0, 0.05) is 30.4 Å². The summed E-state index contributed by atoms with van der Waals surface area (Å²) in [6, 6.07) is 4.43. The fraction of sp³-hybridized carbons (Fsp3) is 0.550. The summed E-state index contributed by atoms with van der Waals surface area (Å²) in [6.07, 6.45) is 12.2. The van der Waals surface area contributed by atoms with Gasteiger partial charge in [0.15, 0.2) is 0 Å². The quantitative estimate of drug-likeness (QED) is 0.870. The van der Waals surface area contributed by atoms with Gasteiger partial charge in [0.05, 0.1) is 18.2 Å². The van der Waals surface area contributed by atoms with E-state index in [1.54, 1.807) is 29.9 Å². The van der Waals surface area contributed by atoms with Crippen molar-refractivity contribution in [2.24, 2.45) is 11.8 Å². The molecule has 0 spiro atoms. The molecule has 6 heteroatoms. The molecule has 0 radical (unpaired) electrons. The number of thiophene rings is 1. The fourth-order valence-corrected chi connectivity index (χ4v) is 5.17. The van der Waals surface area contributed by atoms with Crippen molar-refractivity contribution in [3.63, 3.8) is 0 Å². The lowest BCUT2D eigenvalue weighted by Gasteiger charge is -2.34. The van der Waals surface area contributed by atoms with Crippen LogP contribution in [0.1, 0.15) is 49.4 Å². The van der Waals surface area contributed by atoms with Crippen LogP contribution >= 0.6 is 11.3 Å². The molecule has 2 fully saturated rings. The highest BCUT2D eigenvalue weighted by Crippen LogP contribution is 2.37. The Morgan fingerprint density at radius 2 is 2.12 bits per heavy atom. The molecule has 1 aliphatic heterocycles. The highest BCUT2D eigenvalue weighted by molar-refractivity contribution is 7.10. The summed E-state index contributed by atoms with van der Waals surface area (Å²) in [7, 11) is 0. The van der Waals surface area contributed by atoms with E-state index in [-0.39, 0.29) is 17.9 Å².